The minimum Gasteiger partial charge on any atom is -0.508 e. The van der Waals surface area contributed by atoms with E-state index in [1.165, 1.54) is 18.6 Å². The molecule has 0 spiro atoms. The van der Waals surface area contributed by atoms with Gasteiger partial charge in [0.15, 0.2) is 0 Å². The Morgan fingerprint density at radius 1 is 0.963 bits per heavy atom. The molecule has 0 radical (unpaired) electrons. The van der Waals surface area contributed by atoms with Gasteiger partial charge in [0.05, 0.1) is 5.56 Å². The Labute approximate surface area is 157 Å². The number of hydrogen-bond acceptors (Lipinski definition) is 4. The number of carbonyl (C=O) groups is 1. The number of phenols is 2. The minimum absolute atomic E-state index is 0.00469. The molecular formula is C21H21N3O3. The first-order valence-corrected chi connectivity index (χ1v) is 9.09. The van der Waals surface area contributed by atoms with Gasteiger partial charge >= 0.3 is 0 Å². The zero-order valence-electron chi connectivity index (χ0n) is 14.9. The van der Waals surface area contributed by atoms with Gasteiger partial charge in [-0.2, -0.15) is 0 Å². The van der Waals surface area contributed by atoms with Crippen LogP contribution in [0.15, 0.2) is 54.9 Å². The first kappa shape index (κ1) is 17.1. The number of aromatic hydroxyl groups is 2. The summed E-state index contributed by atoms with van der Waals surface area (Å²) in [4.78, 5) is 18.9. The highest BCUT2D eigenvalue weighted by molar-refractivity contribution is 5.94. The van der Waals surface area contributed by atoms with Crippen molar-refractivity contribution in [2.45, 2.75) is 19.3 Å². The zero-order chi connectivity index (χ0) is 18.8. The Balaban J connectivity index is 1.62. The Kier molecular flexibility index (Phi) is 4.54. The first-order chi connectivity index (χ1) is 13.1. The monoisotopic (exact) mass is 363 g/mol. The number of amides is 1. The van der Waals surface area contributed by atoms with Crippen molar-refractivity contribution < 1.29 is 15.0 Å². The largest absolute Gasteiger partial charge is 0.508 e. The van der Waals surface area contributed by atoms with Crippen molar-refractivity contribution in [2.75, 3.05) is 13.1 Å². The van der Waals surface area contributed by atoms with Crippen molar-refractivity contribution >= 4 is 5.91 Å². The smallest absolute Gasteiger partial charge is 0.253 e. The van der Waals surface area contributed by atoms with Crippen LogP contribution in [0.3, 0.4) is 0 Å². The van der Waals surface area contributed by atoms with Crippen molar-refractivity contribution in [3.05, 3.63) is 60.4 Å². The van der Waals surface area contributed by atoms with Crippen LogP contribution in [0.4, 0.5) is 0 Å². The summed E-state index contributed by atoms with van der Waals surface area (Å²) in [6.45, 7) is 1.65. The van der Waals surface area contributed by atoms with E-state index in [0.29, 0.717) is 17.0 Å². The normalized spacial score (nSPS) is 14.3. The van der Waals surface area contributed by atoms with E-state index in [2.05, 4.69) is 4.98 Å². The molecule has 2 aromatic carbocycles. The lowest BCUT2D eigenvalue weighted by atomic mass is 10.1. The highest BCUT2D eigenvalue weighted by Crippen LogP contribution is 2.32. The SMILES string of the molecule is O=C(c1ccc(-n2ccnc2-c2ccc(O)cc2O)cc1)N1CCCCC1. The second-order valence-electron chi connectivity index (χ2n) is 6.72. The number of phenolic OH excluding ortho intramolecular Hbond substituents is 2. The van der Waals surface area contributed by atoms with Crippen LogP contribution in [-0.4, -0.2) is 43.7 Å². The molecule has 6 nitrogen and oxygen atoms in total. The predicted molar refractivity (Wildman–Crippen MR) is 102 cm³/mol. The third-order valence-electron chi connectivity index (χ3n) is 4.90. The summed E-state index contributed by atoms with van der Waals surface area (Å²) >= 11 is 0. The molecule has 1 fully saturated rings. The molecule has 1 aromatic heterocycles. The van der Waals surface area contributed by atoms with Gasteiger partial charge in [-0.1, -0.05) is 0 Å². The number of hydrogen-bond donors (Lipinski definition) is 2. The molecule has 2 N–H and O–H groups in total. The highest BCUT2D eigenvalue weighted by Gasteiger charge is 2.18. The molecule has 1 aliphatic heterocycles. The van der Waals surface area contributed by atoms with E-state index in [1.807, 2.05) is 33.7 Å². The lowest BCUT2D eigenvalue weighted by Crippen LogP contribution is -2.35. The molecule has 0 aliphatic carbocycles. The molecule has 3 aromatic rings. The van der Waals surface area contributed by atoms with E-state index >= 15 is 0 Å². The quantitative estimate of drug-likeness (QED) is 0.746. The molecule has 0 atom stereocenters. The number of nitrogens with zero attached hydrogens (tertiary/aromatic N) is 3. The Morgan fingerprint density at radius 3 is 2.41 bits per heavy atom. The Bertz CT molecular complexity index is 957. The molecule has 0 saturated carbocycles. The fourth-order valence-corrected chi connectivity index (χ4v) is 3.46. The fourth-order valence-electron chi connectivity index (χ4n) is 3.46. The maximum absolute atomic E-state index is 12.6. The molecule has 0 unspecified atom stereocenters. The van der Waals surface area contributed by atoms with E-state index in [1.54, 1.807) is 18.5 Å². The number of imidazole rings is 1. The van der Waals surface area contributed by atoms with E-state index in [-0.39, 0.29) is 17.4 Å². The van der Waals surface area contributed by atoms with E-state index in [0.717, 1.165) is 31.6 Å². The predicted octanol–water partition coefficient (Wildman–Crippen LogP) is 3.58. The molecule has 1 aliphatic rings. The van der Waals surface area contributed by atoms with E-state index in [4.69, 9.17) is 0 Å². The van der Waals surface area contributed by atoms with Crippen LogP contribution in [0.1, 0.15) is 29.6 Å². The molecular weight excluding hydrogens is 342 g/mol. The second kappa shape index (κ2) is 7.15. The van der Waals surface area contributed by atoms with Crippen LogP contribution in [0, 0.1) is 0 Å². The van der Waals surface area contributed by atoms with Gasteiger partial charge in [0.2, 0.25) is 0 Å². The molecule has 0 bridgehead atoms. The summed E-state index contributed by atoms with van der Waals surface area (Å²) in [6, 6.07) is 11.8. The van der Waals surface area contributed by atoms with Gasteiger partial charge in [-0.05, 0) is 55.7 Å². The van der Waals surface area contributed by atoms with Crippen molar-refractivity contribution in [3.63, 3.8) is 0 Å². The molecule has 138 valence electrons. The van der Waals surface area contributed by atoms with Gasteiger partial charge in [-0.3, -0.25) is 9.36 Å². The van der Waals surface area contributed by atoms with E-state index < -0.39 is 0 Å². The average Bonchev–Trinajstić information content (AvgIpc) is 3.18. The number of benzene rings is 2. The van der Waals surface area contributed by atoms with Crippen LogP contribution in [0.2, 0.25) is 0 Å². The Hall–Kier alpha value is -3.28. The lowest BCUT2D eigenvalue weighted by molar-refractivity contribution is 0.0724. The third kappa shape index (κ3) is 3.38. The molecule has 27 heavy (non-hydrogen) atoms. The van der Waals surface area contributed by atoms with Crippen LogP contribution in [-0.2, 0) is 0 Å². The average molecular weight is 363 g/mol. The lowest BCUT2D eigenvalue weighted by Gasteiger charge is -2.26. The number of rotatable bonds is 3. The van der Waals surface area contributed by atoms with E-state index in [9.17, 15) is 15.0 Å². The fraction of sp³-hybridized carbons (Fsp3) is 0.238. The summed E-state index contributed by atoms with van der Waals surface area (Å²) in [7, 11) is 0. The zero-order valence-corrected chi connectivity index (χ0v) is 14.9. The number of carbonyl (C=O) groups excluding carboxylic acids is 1. The van der Waals surface area contributed by atoms with Gasteiger partial charge in [-0.15, -0.1) is 0 Å². The highest BCUT2D eigenvalue weighted by atomic mass is 16.3. The Morgan fingerprint density at radius 2 is 1.70 bits per heavy atom. The van der Waals surface area contributed by atoms with Gasteiger partial charge in [0.1, 0.15) is 17.3 Å². The summed E-state index contributed by atoms with van der Waals surface area (Å²) in [5.74, 6) is 0.583. The van der Waals surface area contributed by atoms with Crippen molar-refractivity contribution in [1.82, 2.24) is 14.5 Å². The second-order valence-corrected chi connectivity index (χ2v) is 6.72. The summed E-state index contributed by atoms with van der Waals surface area (Å²) in [5, 5.41) is 19.6. The summed E-state index contributed by atoms with van der Waals surface area (Å²) in [6.07, 6.45) is 6.77. The third-order valence-corrected chi connectivity index (χ3v) is 4.90. The number of aromatic nitrogens is 2. The van der Waals surface area contributed by atoms with Gasteiger partial charge < -0.3 is 15.1 Å². The van der Waals surface area contributed by atoms with Gasteiger partial charge in [-0.25, -0.2) is 4.98 Å². The van der Waals surface area contributed by atoms with Gasteiger partial charge in [0.25, 0.3) is 5.91 Å². The van der Waals surface area contributed by atoms with Crippen molar-refractivity contribution in [2.24, 2.45) is 0 Å². The van der Waals surface area contributed by atoms with Gasteiger partial charge in [0, 0.05) is 42.8 Å². The van der Waals surface area contributed by atoms with Crippen LogP contribution >= 0.6 is 0 Å². The summed E-state index contributed by atoms with van der Waals surface area (Å²) < 4.78 is 1.83. The molecule has 1 amide bonds. The molecule has 4 rings (SSSR count). The van der Waals surface area contributed by atoms with Crippen molar-refractivity contribution in [3.8, 4) is 28.6 Å². The molecule has 6 heteroatoms. The number of likely N-dealkylation sites (tertiary alicyclic amines) is 1. The molecule has 2 heterocycles. The molecule has 1 saturated heterocycles. The minimum atomic E-state index is -0.0423. The van der Waals surface area contributed by atoms with Crippen molar-refractivity contribution in [1.29, 1.82) is 0 Å². The van der Waals surface area contributed by atoms with Crippen LogP contribution in [0.25, 0.3) is 17.1 Å². The van der Waals surface area contributed by atoms with Crippen LogP contribution in [0.5, 0.6) is 11.5 Å². The maximum atomic E-state index is 12.6. The number of piperidine rings is 1. The van der Waals surface area contributed by atoms with Crippen LogP contribution < -0.4 is 0 Å². The first-order valence-electron chi connectivity index (χ1n) is 9.09. The standard InChI is InChI=1S/C21H21N3O3/c25-17-8-9-18(19(26)14-17)20-22-10-13-24(20)16-6-4-15(5-7-16)21(27)23-11-2-1-3-12-23/h4-10,13-14,25-26H,1-3,11-12H2. The topological polar surface area (TPSA) is 78.6 Å². The summed E-state index contributed by atoms with van der Waals surface area (Å²) in [5.41, 5.74) is 2.03. The maximum Gasteiger partial charge on any atom is 0.253 e.